The lowest BCUT2D eigenvalue weighted by atomic mass is 9.96. The monoisotopic (exact) mass is 418 g/mol. The number of hydrogen-bond acceptors (Lipinski definition) is 5. The zero-order chi connectivity index (χ0) is 21.3. The van der Waals surface area contributed by atoms with Gasteiger partial charge in [-0.3, -0.25) is 9.59 Å². The maximum absolute atomic E-state index is 13.4. The van der Waals surface area contributed by atoms with Crippen LogP contribution in [0.2, 0.25) is 0 Å². The highest BCUT2D eigenvalue weighted by Crippen LogP contribution is 2.41. The van der Waals surface area contributed by atoms with E-state index in [-0.39, 0.29) is 23.7 Å². The van der Waals surface area contributed by atoms with Gasteiger partial charge in [0.1, 0.15) is 11.5 Å². The fourth-order valence-corrected chi connectivity index (χ4v) is 4.58. The number of carbonyl (C=O) groups is 2. The average Bonchev–Trinajstić information content (AvgIpc) is 3.11. The quantitative estimate of drug-likeness (QED) is 0.373. The topological polar surface area (TPSA) is 94.8 Å². The van der Waals surface area contributed by atoms with Gasteiger partial charge in [-0.05, 0) is 60.0 Å². The summed E-state index contributed by atoms with van der Waals surface area (Å²) < 4.78 is 0.791. The molecule has 0 aliphatic carbocycles. The second-order valence-corrected chi connectivity index (χ2v) is 8.01. The van der Waals surface area contributed by atoms with Gasteiger partial charge < -0.3 is 15.3 Å². The summed E-state index contributed by atoms with van der Waals surface area (Å²) in [5, 5.41) is 29.0. The van der Waals surface area contributed by atoms with E-state index in [1.807, 2.05) is 0 Å². The minimum atomic E-state index is -0.860. The van der Waals surface area contributed by atoms with Crippen LogP contribution in [0.25, 0.3) is 20.5 Å². The number of aliphatic carboxylic acids is 1. The van der Waals surface area contributed by atoms with Crippen molar-refractivity contribution >= 4 is 33.2 Å². The first-order valence-corrected chi connectivity index (χ1v) is 10.1. The number of benzene rings is 3. The van der Waals surface area contributed by atoms with E-state index in [1.54, 1.807) is 66.7 Å². The number of ketones is 1. The molecule has 5 nitrogen and oxygen atoms in total. The van der Waals surface area contributed by atoms with Crippen molar-refractivity contribution in [3.8, 4) is 21.9 Å². The Labute approximate surface area is 176 Å². The van der Waals surface area contributed by atoms with Crippen LogP contribution in [-0.2, 0) is 11.2 Å². The van der Waals surface area contributed by atoms with E-state index in [0.717, 1.165) is 26.1 Å². The standard InChI is InChI=1S/C24H18O5S/c25-17-8-6-16(7-9-17)24-22(19-11-10-18(26)13-20(19)30-24)23(29)15-4-1-14(2-5-15)3-12-21(27)28/h1-2,4-11,13,25-26H,3,12H2,(H,27,28). The molecular weight excluding hydrogens is 400 g/mol. The third kappa shape index (κ3) is 3.90. The molecule has 0 unspecified atom stereocenters. The Morgan fingerprint density at radius 2 is 1.50 bits per heavy atom. The molecule has 4 rings (SSSR count). The summed E-state index contributed by atoms with van der Waals surface area (Å²) in [5.74, 6) is -0.744. The number of carboxylic acid groups (broad SMARTS) is 1. The minimum absolute atomic E-state index is 0.0386. The van der Waals surface area contributed by atoms with Gasteiger partial charge in [-0.2, -0.15) is 0 Å². The predicted octanol–water partition coefficient (Wildman–Crippen LogP) is 5.23. The van der Waals surface area contributed by atoms with Crippen molar-refractivity contribution < 1.29 is 24.9 Å². The van der Waals surface area contributed by atoms with Crippen LogP contribution in [0.3, 0.4) is 0 Å². The highest BCUT2D eigenvalue weighted by Gasteiger charge is 2.22. The van der Waals surface area contributed by atoms with Crippen LogP contribution >= 0.6 is 11.3 Å². The van der Waals surface area contributed by atoms with Crippen LogP contribution in [0.1, 0.15) is 27.9 Å². The molecule has 0 radical (unpaired) electrons. The Hall–Kier alpha value is -3.64. The molecule has 1 heterocycles. The van der Waals surface area contributed by atoms with Crippen LogP contribution in [-0.4, -0.2) is 27.1 Å². The number of rotatable bonds is 6. The minimum Gasteiger partial charge on any atom is -0.508 e. The Morgan fingerprint density at radius 3 is 2.17 bits per heavy atom. The number of aryl methyl sites for hydroxylation is 1. The molecule has 1 aromatic heterocycles. The summed E-state index contributed by atoms with van der Waals surface area (Å²) in [6.45, 7) is 0. The highest BCUT2D eigenvalue weighted by atomic mass is 32.1. The van der Waals surface area contributed by atoms with Crippen LogP contribution in [0, 0.1) is 0 Å². The van der Waals surface area contributed by atoms with Gasteiger partial charge >= 0.3 is 5.97 Å². The van der Waals surface area contributed by atoms with Gasteiger partial charge in [-0.15, -0.1) is 11.3 Å². The summed E-state index contributed by atoms with van der Waals surface area (Å²) in [5.41, 5.74) is 2.70. The van der Waals surface area contributed by atoms with Crippen molar-refractivity contribution in [1.82, 2.24) is 0 Å². The van der Waals surface area contributed by atoms with Crippen LogP contribution < -0.4 is 0 Å². The van der Waals surface area contributed by atoms with E-state index >= 15 is 0 Å². The van der Waals surface area contributed by atoms with Crippen molar-refractivity contribution in [2.45, 2.75) is 12.8 Å². The van der Waals surface area contributed by atoms with Crippen LogP contribution in [0.4, 0.5) is 0 Å². The Bertz CT molecular complexity index is 1240. The van der Waals surface area contributed by atoms with E-state index in [4.69, 9.17) is 5.11 Å². The molecule has 0 fully saturated rings. The molecule has 0 atom stereocenters. The lowest BCUT2D eigenvalue weighted by molar-refractivity contribution is -0.136. The zero-order valence-corrected chi connectivity index (χ0v) is 16.6. The van der Waals surface area contributed by atoms with Gasteiger partial charge in [0.15, 0.2) is 5.78 Å². The van der Waals surface area contributed by atoms with Gasteiger partial charge in [0.05, 0.1) is 0 Å². The zero-order valence-electron chi connectivity index (χ0n) is 15.8. The third-order valence-corrected chi connectivity index (χ3v) is 6.08. The fraction of sp³-hybridized carbons (Fsp3) is 0.0833. The molecule has 0 spiro atoms. The summed E-state index contributed by atoms with van der Waals surface area (Å²) in [7, 11) is 0. The van der Waals surface area contributed by atoms with Crippen molar-refractivity contribution in [1.29, 1.82) is 0 Å². The SMILES string of the molecule is O=C(O)CCc1ccc(C(=O)c2c(-c3ccc(O)cc3)sc3cc(O)ccc23)cc1. The van der Waals surface area contributed by atoms with E-state index in [9.17, 15) is 19.8 Å². The molecule has 3 N–H and O–H groups in total. The first-order valence-electron chi connectivity index (χ1n) is 9.33. The first kappa shape index (κ1) is 19.7. The molecule has 0 bridgehead atoms. The average molecular weight is 418 g/mol. The summed E-state index contributed by atoms with van der Waals surface area (Å²) in [6.07, 6.45) is 0.445. The molecule has 0 aliphatic heterocycles. The van der Waals surface area contributed by atoms with Gasteiger partial charge in [-0.25, -0.2) is 0 Å². The van der Waals surface area contributed by atoms with Gasteiger partial charge in [0.2, 0.25) is 0 Å². The number of phenols is 2. The number of phenolic OH excluding ortho intramolecular Hbond substituents is 2. The van der Waals surface area contributed by atoms with Crippen LogP contribution in [0.5, 0.6) is 11.5 Å². The molecule has 6 heteroatoms. The summed E-state index contributed by atoms with van der Waals surface area (Å²) in [6, 6.07) is 18.6. The van der Waals surface area contributed by atoms with E-state index < -0.39 is 5.97 Å². The smallest absolute Gasteiger partial charge is 0.303 e. The lowest BCUT2D eigenvalue weighted by Crippen LogP contribution is -2.03. The molecule has 0 aliphatic rings. The van der Waals surface area contributed by atoms with Crippen molar-refractivity contribution in [3.05, 3.63) is 83.4 Å². The fourth-order valence-electron chi connectivity index (χ4n) is 3.35. The largest absolute Gasteiger partial charge is 0.508 e. The van der Waals surface area contributed by atoms with E-state index in [1.165, 1.54) is 11.3 Å². The number of carbonyl (C=O) groups excluding carboxylic acids is 1. The number of carboxylic acids is 1. The highest BCUT2D eigenvalue weighted by molar-refractivity contribution is 7.22. The molecule has 0 saturated carbocycles. The molecule has 150 valence electrons. The van der Waals surface area contributed by atoms with Crippen molar-refractivity contribution in [2.75, 3.05) is 0 Å². The first-order chi connectivity index (χ1) is 14.4. The van der Waals surface area contributed by atoms with Crippen molar-refractivity contribution in [3.63, 3.8) is 0 Å². The van der Waals surface area contributed by atoms with Gasteiger partial charge in [0.25, 0.3) is 0 Å². The van der Waals surface area contributed by atoms with Gasteiger partial charge in [-0.1, -0.05) is 24.3 Å². The van der Waals surface area contributed by atoms with Crippen molar-refractivity contribution in [2.24, 2.45) is 0 Å². The summed E-state index contributed by atoms with van der Waals surface area (Å²) >= 11 is 1.41. The Morgan fingerprint density at radius 1 is 0.833 bits per heavy atom. The van der Waals surface area contributed by atoms with E-state index in [2.05, 4.69) is 0 Å². The Kier molecular flexibility index (Phi) is 5.25. The number of hydrogen-bond donors (Lipinski definition) is 3. The van der Waals surface area contributed by atoms with Gasteiger partial charge in [0, 0.05) is 32.5 Å². The molecule has 4 aromatic rings. The lowest BCUT2D eigenvalue weighted by Gasteiger charge is -2.07. The number of thiophene rings is 1. The number of aromatic hydroxyl groups is 2. The van der Waals surface area contributed by atoms with Crippen LogP contribution in [0.15, 0.2) is 66.7 Å². The molecule has 3 aromatic carbocycles. The summed E-state index contributed by atoms with van der Waals surface area (Å²) in [4.78, 5) is 25.0. The van der Waals surface area contributed by atoms with E-state index in [0.29, 0.717) is 17.5 Å². The molecule has 30 heavy (non-hydrogen) atoms. The molecule has 0 amide bonds. The Balaban J connectivity index is 1.78. The maximum atomic E-state index is 13.4. The molecule has 0 saturated heterocycles. The number of fused-ring (bicyclic) bond motifs is 1. The molecular formula is C24H18O5S. The predicted molar refractivity (Wildman–Crippen MR) is 116 cm³/mol. The normalized spacial score (nSPS) is 10.9. The second-order valence-electron chi connectivity index (χ2n) is 6.95. The maximum Gasteiger partial charge on any atom is 0.303 e. The second kappa shape index (κ2) is 8.00. The third-order valence-electron chi connectivity index (χ3n) is 4.87.